The Balaban J connectivity index is 2.29. The molecule has 0 aromatic carbocycles. The molecule has 1 aliphatic carbocycles. The zero-order valence-electron chi connectivity index (χ0n) is 17.7. The lowest BCUT2D eigenvalue weighted by Gasteiger charge is -2.38. The minimum atomic E-state index is 0.757. The van der Waals surface area contributed by atoms with Crippen molar-refractivity contribution < 1.29 is 0 Å². The van der Waals surface area contributed by atoms with Gasteiger partial charge in [0, 0.05) is 0 Å². The summed E-state index contributed by atoms with van der Waals surface area (Å²) in [5.41, 5.74) is 0.757. The van der Waals surface area contributed by atoms with E-state index in [-0.39, 0.29) is 0 Å². The van der Waals surface area contributed by atoms with E-state index in [1.165, 1.54) is 96.3 Å². The SMILES string of the molecule is CCCCC1(CCCCCC(CC)C(CC)CCC)CCCCC1. The van der Waals surface area contributed by atoms with Crippen LogP contribution >= 0.6 is 0 Å². The molecule has 0 spiro atoms. The predicted octanol–water partition coefficient (Wildman–Crippen LogP) is 8.93. The van der Waals surface area contributed by atoms with Gasteiger partial charge in [-0.15, -0.1) is 0 Å². The highest BCUT2D eigenvalue weighted by molar-refractivity contribution is 4.82. The fraction of sp³-hybridized carbons (Fsp3) is 1.00. The second-order valence-corrected chi connectivity index (χ2v) is 8.89. The van der Waals surface area contributed by atoms with Gasteiger partial charge < -0.3 is 0 Å². The zero-order valence-corrected chi connectivity index (χ0v) is 17.7. The third kappa shape index (κ3) is 7.92. The molecule has 2 unspecified atom stereocenters. The van der Waals surface area contributed by atoms with E-state index in [4.69, 9.17) is 0 Å². The van der Waals surface area contributed by atoms with Crippen molar-refractivity contribution in [3.8, 4) is 0 Å². The van der Waals surface area contributed by atoms with Crippen molar-refractivity contribution in [2.45, 2.75) is 137 Å². The molecule has 1 rings (SSSR count). The van der Waals surface area contributed by atoms with Crippen LogP contribution in [0.25, 0.3) is 0 Å². The first-order valence-electron chi connectivity index (χ1n) is 11.7. The second kappa shape index (κ2) is 13.2. The first-order valence-corrected chi connectivity index (χ1v) is 11.7. The van der Waals surface area contributed by atoms with E-state index in [0.717, 1.165) is 17.3 Å². The molecule has 0 aromatic rings. The molecule has 0 bridgehead atoms. The first kappa shape index (κ1) is 22.0. The molecule has 2 atom stereocenters. The molecule has 1 saturated carbocycles. The highest BCUT2D eigenvalue weighted by Gasteiger charge is 2.30. The fourth-order valence-electron chi connectivity index (χ4n) is 5.48. The van der Waals surface area contributed by atoms with E-state index < -0.39 is 0 Å². The van der Waals surface area contributed by atoms with Gasteiger partial charge in [0.25, 0.3) is 0 Å². The Morgan fingerprint density at radius 2 is 1.25 bits per heavy atom. The zero-order chi connectivity index (χ0) is 17.7. The molecule has 144 valence electrons. The molecule has 0 aliphatic heterocycles. The van der Waals surface area contributed by atoms with Gasteiger partial charge in [0.2, 0.25) is 0 Å². The van der Waals surface area contributed by atoms with Gasteiger partial charge in [-0.05, 0) is 42.9 Å². The summed E-state index contributed by atoms with van der Waals surface area (Å²) in [5, 5.41) is 0. The molecule has 0 amide bonds. The Morgan fingerprint density at radius 3 is 1.83 bits per heavy atom. The summed E-state index contributed by atoms with van der Waals surface area (Å²) in [6.07, 6.45) is 25.1. The summed E-state index contributed by atoms with van der Waals surface area (Å²) in [4.78, 5) is 0. The van der Waals surface area contributed by atoms with Crippen LogP contribution in [0.2, 0.25) is 0 Å². The summed E-state index contributed by atoms with van der Waals surface area (Å²) in [7, 11) is 0. The molecule has 0 heteroatoms. The van der Waals surface area contributed by atoms with Crippen molar-refractivity contribution in [3.05, 3.63) is 0 Å². The van der Waals surface area contributed by atoms with E-state index >= 15 is 0 Å². The topological polar surface area (TPSA) is 0 Å². The Labute approximate surface area is 154 Å². The van der Waals surface area contributed by atoms with Crippen LogP contribution in [-0.4, -0.2) is 0 Å². The van der Waals surface area contributed by atoms with E-state index in [9.17, 15) is 0 Å². The van der Waals surface area contributed by atoms with E-state index in [1.54, 1.807) is 12.8 Å². The largest absolute Gasteiger partial charge is 0.0654 e. The van der Waals surface area contributed by atoms with Gasteiger partial charge in [0.15, 0.2) is 0 Å². The molecule has 0 aromatic heterocycles. The van der Waals surface area contributed by atoms with Gasteiger partial charge >= 0.3 is 0 Å². The highest BCUT2D eigenvalue weighted by atomic mass is 14.4. The minimum absolute atomic E-state index is 0.757. The molecular weight excluding hydrogens is 288 g/mol. The van der Waals surface area contributed by atoms with Crippen LogP contribution in [0.5, 0.6) is 0 Å². The summed E-state index contributed by atoms with van der Waals surface area (Å²) in [5.74, 6) is 1.99. The van der Waals surface area contributed by atoms with E-state index in [1.807, 2.05) is 0 Å². The average molecular weight is 337 g/mol. The maximum atomic E-state index is 2.42. The molecule has 0 radical (unpaired) electrons. The first-order chi connectivity index (χ1) is 11.7. The smallest absolute Gasteiger partial charge is 0.0297 e. The lowest BCUT2D eigenvalue weighted by atomic mass is 9.68. The van der Waals surface area contributed by atoms with Gasteiger partial charge in [-0.2, -0.15) is 0 Å². The van der Waals surface area contributed by atoms with Gasteiger partial charge in [0.1, 0.15) is 0 Å². The number of unbranched alkanes of at least 4 members (excludes halogenated alkanes) is 3. The Hall–Kier alpha value is 0. The molecule has 0 N–H and O–H groups in total. The quantitative estimate of drug-likeness (QED) is 0.278. The molecule has 24 heavy (non-hydrogen) atoms. The predicted molar refractivity (Wildman–Crippen MR) is 111 cm³/mol. The monoisotopic (exact) mass is 336 g/mol. The van der Waals surface area contributed by atoms with Crippen molar-refractivity contribution in [2.75, 3.05) is 0 Å². The maximum absolute atomic E-state index is 2.42. The van der Waals surface area contributed by atoms with Crippen molar-refractivity contribution in [3.63, 3.8) is 0 Å². The maximum Gasteiger partial charge on any atom is -0.0297 e. The van der Waals surface area contributed by atoms with Crippen LogP contribution in [-0.2, 0) is 0 Å². The van der Waals surface area contributed by atoms with Gasteiger partial charge in [0.05, 0.1) is 0 Å². The lowest BCUT2D eigenvalue weighted by molar-refractivity contribution is 0.147. The summed E-state index contributed by atoms with van der Waals surface area (Å²) in [6.45, 7) is 9.55. The van der Waals surface area contributed by atoms with Crippen LogP contribution in [0.15, 0.2) is 0 Å². The standard InChI is InChI=1S/C24H48/c1-5-9-18-24(20-14-11-15-21-24)19-13-10-12-17-23(8-4)22(7-3)16-6-2/h22-23H,5-21H2,1-4H3. The molecule has 0 saturated heterocycles. The van der Waals surface area contributed by atoms with Crippen molar-refractivity contribution in [2.24, 2.45) is 17.3 Å². The second-order valence-electron chi connectivity index (χ2n) is 8.89. The molecule has 1 aliphatic rings. The van der Waals surface area contributed by atoms with Gasteiger partial charge in [-0.3, -0.25) is 0 Å². The Kier molecular flexibility index (Phi) is 12.2. The molecule has 0 heterocycles. The summed E-state index contributed by atoms with van der Waals surface area (Å²) < 4.78 is 0. The number of hydrogen-bond acceptors (Lipinski definition) is 0. The van der Waals surface area contributed by atoms with E-state index in [2.05, 4.69) is 27.7 Å². The molecule has 0 nitrogen and oxygen atoms in total. The van der Waals surface area contributed by atoms with E-state index in [0.29, 0.717) is 0 Å². The average Bonchev–Trinajstić information content (AvgIpc) is 2.62. The van der Waals surface area contributed by atoms with Crippen LogP contribution in [0, 0.1) is 17.3 Å². The Morgan fingerprint density at radius 1 is 0.625 bits per heavy atom. The van der Waals surface area contributed by atoms with Crippen LogP contribution in [0.4, 0.5) is 0 Å². The number of rotatable bonds is 14. The fourth-order valence-corrected chi connectivity index (χ4v) is 5.48. The number of hydrogen-bond donors (Lipinski definition) is 0. The van der Waals surface area contributed by atoms with Crippen LogP contribution in [0.1, 0.15) is 137 Å². The van der Waals surface area contributed by atoms with Crippen molar-refractivity contribution in [1.82, 2.24) is 0 Å². The van der Waals surface area contributed by atoms with Crippen molar-refractivity contribution in [1.29, 1.82) is 0 Å². The summed E-state index contributed by atoms with van der Waals surface area (Å²) >= 11 is 0. The third-order valence-electron chi connectivity index (χ3n) is 7.13. The van der Waals surface area contributed by atoms with Crippen molar-refractivity contribution >= 4 is 0 Å². The molecule has 1 fully saturated rings. The van der Waals surface area contributed by atoms with Gasteiger partial charge in [-0.25, -0.2) is 0 Å². The normalized spacial score (nSPS) is 20.0. The lowest BCUT2D eigenvalue weighted by Crippen LogP contribution is -2.24. The van der Waals surface area contributed by atoms with Gasteiger partial charge in [-0.1, -0.05) is 111 Å². The highest BCUT2D eigenvalue weighted by Crippen LogP contribution is 2.44. The third-order valence-corrected chi connectivity index (χ3v) is 7.13. The summed E-state index contributed by atoms with van der Waals surface area (Å²) in [6, 6.07) is 0. The van der Waals surface area contributed by atoms with Crippen LogP contribution in [0.3, 0.4) is 0 Å². The Bertz CT molecular complexity index is 274. The molecular formula is C24H48. The van der Waals surface area contributed by atoms with Crippen LogP contribution < -0.4 is 0 Å². The minimum Gasteiger partial charge on any atom is -0.0654 e.